The largest absolute Gasteiger partial charge is 0.331 e. The highest BCUT2D eigenvalue weighted by atomic mass is 127. The molecule has 4 nitrogen and oxygen atoms in total. The zero-order chi connectivity index (χ0) is 10.1. The molecule has 0 aromatic carbocycles. The molecular formula is C8H13I2N3O. The van der Waals surface area contributed by atoms with Gasteiger partial charge >= 0.3 is 0 Å². The molecule has 2 fully saturated rings. The minimum Gasteiger partial charge on any atom is -0.331 e. The summed E-state index contributed by atoms with van der Waals surface area (Å²) >= 11 is 4.24. The van der Waals surface area contributed by atoms with Crippen molar-refractivity contribution in [3.05, 3.63) is 0 Å². The summed E-state index contributed by atoms with van der Waals surface area (Å²) < 4.78 is 2.51. The molecule has 2 aliphatic heterocycles. The molecule has 2 saturated heterocycles. The molecule has 0 N–H and O–H groups in total. The van der Waals surface area contributed by atoms with Crippen molar-refractivity contribution in [1.82, 2.24) is 12.9 Å². The summed E-state index contributed by atoms with van der Waals surface area (Å²) in [5.41, 5.74) is 0. The first kappa shape index (κ1) is 11.3. The summed E-state index contributed by atoms with van der Waals surface area (Å²) in [6.07, 6.45) is 0. The summed E-state index contributed by atoms with van der Waals surface area (Å²) in [6.45, 7) is 6.46. The van der Waals surface area contributed by atoms with E-state index in [0.717, 1.165) is 39.3 Å². The Bertz CT molecular complexity index is 225. The van der Waals surface area contributed by atoms with E-state index in [1.807, 2.05) is 27.5 Å². The van der Waals surface area contributed by atoms with E-state index in [9.17, 15) is 4.79 Å². The van der Waals surface area contributed by atoms with Crippen LogP contribution in [-0.2, 0) is 0 Å². The molecule has 0 aromatic rings. The van der Waals surface area contributed by atoms with Gasteiger partial charge in [-0.1, -0.05) is 0 Å². The number of rotatable bonds is 1. The Morgan fingerprint density at radius 3 is 2.21 bits per heavy atom. The maximum atomic E-state index is 11.0. The minimum atomic E-state index is 0.186. The number of hydrogen-bond acceptors (Lipinski definition) is 3. The fourth-order valence-electron chi connectivity index (χ4n) is 1.89. The highest BCUT2D eigenvalue weighted by Gasteiger charge is 2.34. The Kier molecular flexibility index (Phi) is 3.88. The third-order valence-electron chi connectivity index (χ3n) is 2.89. The molecule has 2 rings (SSSR count). The fraction of sp³-hybridized carbons (Fsp3) is 0.875. The predicted molar refractivity (Wildman–Crippen MR) is 71.9 cm³/mol. The molecule has 0 aromatic heterocycles. The Morgan fingerprint density at radius 2 is 1.71 bits per heavy atom. The van der Waals surface area contributed by atoms with E-state index in [1.54, 1.807) is 0 Å². The highest BCUT2D eigenvalue weighted by molar-refractivity contribution is 14.1. The van der Waals surface area contributed by atoms with Gasteiger partial charge in [0.25, 0.3) is 3.91 Å². The van der Waals surface area contributed by atoms with Crippen LogP contribution in [0.1, 0.15) is 0 Å². The molecule has 2 aliphatic rings. The van der Waals surface area contributed by atoms with Crippen LogP contribution in [0, 0.1) is 0 Å². The van der Waals surface area contributed by atoms with Crippen molar-refractivity contribution in [2.45, 2.75) is 6.04 Å². The van der Waals surface area contributed by atoms with Crippen LogP contribution < -0.4 is 0 Å². The molecular weight excluding hydrogens is 408 g/mol. The van der Waals surface area contributed by atoms with E-state index in [0.29, 0.717) is 6.04 Å². The molecule has 0 atom stereocenters. The van der Waals surface area contributed by atoms with Crippen LogP contribution in [0.5, 0.6) is 0 Å². The van der Waals surface area contributed by atoms with Gasteiger partial charge in [0.1, 0.15) is 0 Å². The van der Waals surface area contributed by atoms with Gasteiger partial charge in [-0.15, -0.1) is 0 Å². The number of carbonyl (C=O) groups excluding carboxylic acids is 1. The quantitative estimate of drug-likeness (QED) is 0.276. The van der Waals surface area contributed by atoms with Crippen molar-refractivity contribution in [1.29, 1.82) is 0 Å². The average molecular weight is 421 g/mol. The van der Waals surface area contributed by atoms with Crippen LogP contribution in [0.25, 0.3) is 0 Å². The fourth-order valence-corrected chi connectivity index (χ4v) is 2.72. The van der Waals surface area contributed by atoms with Crippen LogP contribution in [-0.4, -0.2) is 62.1 Å². The average Bonchev–Trinajstić information content (AvgIpc) is 2.05. The van der Waals surface area contributed by atoms with Crippen molar-refractivity contribution in [2.75, 3.05) is 39.3 Å². The summed E-state index contributed by atoms with van der Waals surface area (Å²) in [6, 6.07) is 0.624. The maximum absolute atomic E-state index is 11.0. The van der Waals surface area contributed by atoms with Crippen LogP contribution in [0.3, 0.4) is 0 Å². The number of carbonyl (C=O) groups is 1. The number of halogens is 2. The Balaban J connectivity index is 1.74. The van der Waals surface area contributed by atoms with Crippen LogP contribution in [0.15, 0.2) is 0 Å². The van der Waals surface area contributed by atoms with E-state index in [2.05, 4.69) is 30.9 Å². The minimum absolute atomic E-state index is 0.186. The number of piperazine rings is 1. The summed E-state index contributed by atoms with van der Waals surface area (Å²) in [5.74, 6) is 0. The summed E-state index contributed by atoms with van der Waals surface area (Å²) in [5, 5.41) is 0. The van der Waals surface area contributed by atoms with E-state index < -0.39 is 0 Å². The molecule has 14 heavy (non-hydrogen) atoms. The number of hydrogen-bond donors (Lipinski definition) is 0. The molecule has 0 unspecified atom stereocenters. The maximum Gasteiger partial charge on any atom is 0.283 e. The Labute approximate surface area is 112 Å². The third kappa shape index (κ3) is 2.50. The van der Waals surface area contributed by atoms with Crippen LogP contribution >= 0.6 is 45.5 Å². The van der Waals surface area contributed by atoms with Crippen molar-refractivity contribution in [3.63, 3.8) is 0 Å². The van der Waals surface area contributed by atoms with E-state index in [1.165, 1.54) is 0 Å². The molecule has 0 bridgehead atoms. The first-order valence-electron chi connectivity index (χ1n) is 4.76. The van der Waals surface area contributed by atoms with Crippen molar-refractivity contribution < 1.29 is 4.79 Å². The first-order valence-corrected chi connectivity index (χ1v) is 6.80. The molecule has 0 aliphatic carbocycles. The second-order valence-corrected chi connectivity index (χ2v) is 6.04. The van der Waals surface area contributed by atoms with Crippen LogP contribution in [0.2, 0.25) is 0 Å². The molecule has 0 saturated carbocycles. The topological polar surface area (TPSA) is 26.8 Å². The van der Waals surface area contributed by atoms with E-state index in [4.69, 9.17) is 0 Å². The molecule has 80 valence electrons. The lowest BCUT2D eigenvalue weighted by atomic mass is 10.1. The van der Waals surface area contributed by atoms with Gasteiger partial charge < -0.3 is 4.90 Å². The molecule has 1 amide bonds. The molecule has 0 radical (unpaired) electrons. The van der Waals surface area contributed by atoms with Crippen LogP contribution in [0.4, 0.5) is 4.79 Å². The van der Waals surface area contributed by atoms with Gasteiger partial charge in [-0.2, -0.15) is 0 Å². The third-order valence-corrected chi connectivity index (χ3v) is 4.53. The van der Waals surface area contributed by atoms with E-state index >= 15 is 0 Å². The lowest BCUT2D eigenvalue weighted by molar-refractivity contribution is 0.0496. The molecule has 0 spiro atoms. The monoisotopic (exact) mass is 421 g/mol. The Morgan fingerprint density at radius 1 is 1.14 bits per heavy atom. The van der Waals surface area contributed by atoms with Gasteiger partial charge in [-0.3, -0.25) is 9.69 Å². The number of likely N-dealkylation sites (tertiary alicyclic amines) is 1. The van der Waals surface area contributed by atoms with Gasteiger partial charge in [0.05, 0.1) is 0 Å². The highest BCUT2D eigenvalue weighted by Crippen LogP contribution is 2.19. The standard InChI is InChI=1S/C8H13I2N3O/c9-8(14)12-5-7(6-12)11-1-3-13(10)4-2-11/h7H,1-6H2. The van der Waals surface area contributed by atoms with Gasteiger partial charge in [-0.25, -0.2) is 3.11 Å². The number of amides is 1. The molecule has 2 heterocycles. The summed E-state index contributed by atoms with van der Waals surface area (Å²) in [4.78, 5) is 15.4. The Hall–Kier alpha value is 0.850. The van der Waals surface area contributed by atoms with Crippen molar-refractivity contribution >= 4 is 49.4 Å². The zero-order valence-corrected chi connectivity index (χ0v) is 12.1. The smallest absolute Gasteiger partial charge is 0.283 e. The lowest BCUT2D eigenvalue weighted by Crippen LogP contribution is -2.62. The van der Waals surface area contributed by atoms with E-state index in [-0.39, 0.29) is 3.91 Å². The lowest BCUT2D eigenvalue weighted by Gasteiger charge is -2.46. The SMILES string of the molecule is O=C(I)N1CC(N2CCN(I)CC2)C1. The normalized spacial score (nSPS) is 26.3. The number of nitrogens with zero attached hydrogens (tertiary/aromatic N) is 3. The zero-order valence-electron chi connectivity index (χ0n) is 7.83. The second kappa shape index (κ2) is 4.79. The second-order valence-electron chi connectivity index (χ2n) is 3.76. The predicted octanol–water partition coefficient (Wildman–Crippen LogP) is 1.19. The van der Waals surface area contributed by atoms with Gasteiger partial charge in [0, 0.05) is 90.8 Å². The van der Waals surface area contributed by atoms with Gasteiger partial charge in [0.15, 0.2) is 0 Å². The van der Waals surface area contributed by atoms with Gasteiger partial charge in [0.2, 0.25) is 0 Å². The first-order chi connectivity index (χ1) is 6.66. The molecule has 6 heteroatoms. The van der Waals surface area contributed by atoms with Gasteiger partial charge in [-0.05, 0) is 0 Å². The van der Waals surface area contributed by atoms with Crippen molar-refractivity contribution in [3.8, 4) is 0 Å². The summed E-state index contributed by atoms with van der Waals surface area (Å²) in [7, 11) is 0. The van der Waals surface area contributed by atoms with Crippen molar-refractivity contribution in [2.24, 2.45) is 0 Å².